The second kappa shape index (κ2) is 2.56. The third-order valence-corrected chi connectivity index (χ3v) is 3.31. The van der Waals surface area contributed by atoms with Gasteiger partial charge in [-0.05, 0) is 36.9 Å². The van der Waals surface area contributed by atoms with E-state index in [-0.39, 0.29) is 5.82 Å². The van der Waals surface area contributed by atoms with Crippen molar-refractivity contribution in [2.24, 2.45) is 0 Å². The Morgan fingerprint density at radius 1 is 1.25 bits per heavy atom. The molecule has 0 saturated heterocycles. The van der Waals surface area contributed by atoms with Crippen LogP contribution in [0.5, 0.6) is 0 Å². The molecular weight excluding hydrogens is 171 g/mol. The smallest absolute Gasteiger partial charge is 0.124 e. The monoisotopic (exact) mass is 180 g/mol. The number of thiophene rings is 1. The Balaban J connectivity index is 2.87. The lowest BCUT2D eigenvalue weighted by Crippen LogP contribution is -1.72. The van der Waals surface area contributed by atoms with Gasteiger partial charge in [0.15, 0.2) is 0 Å². The quantitative estimate of drug-likeness (QED) is 0.580. The fourth-order valence-corrected chi connectivity index (χ4v) is 2.42. The van der Waals surface area contributed by atoms with Gasteiger partial charge in [0.2, 0.25) is 0 Å². The first-order chi connectivity index (χ1) is 5.68. The lowest BCUT2D eigenvalue weighted by Gasteiger charge is -1.90. The Morgan fingerprint density at radius 3 is 2.75 bits per heavy atom. The summed E-state index contributed by atoms with van der Waals surface area (Å²) in [5.41, 5.74) is 1.27. The number of benzene rings is 1. The van der Waals surface area contributed by atoms with E-state index in [0.29, 0.717) is 0 Å². The summed E-state index contributed by atoms with van der Waals surface area (Å²) in [4.78, 5) is 1.27. The van der Waals surface area contributed by atoms with Crippen molar-refractivity contribution in [1.82, 2.24) is 0 Å². The van der Waals surface area contributed by atoms with Gasteiger partial charge < -0.3 is 0 Å². The van der Waals surface area contributed by atoms with E-state index in [9.17, 15) is 4.39 Å². The molecule has 0 aliphatic heterocycles. The van der Waals surface area contributed by atoms with Crippen LogP contribution in [-0.4, -0.2) is 0 Å². The molecule has 2 heteroatoms. The summed E-state index contributed by atoms with van der Waals surface area (Å²) in [5, 5.41) is 1.18. The van der Waals surface area contributed by atoms with E-state index in [1.54, 1.807) is 17.4 Å². The molecule has 0 N–H and O–H groups in total. The first-order valence-electron chi connectivity index (χ1n) is 3.84. The zero-order valence-electron chi connectivity index (χ0n) is 7.02. The van der Waals surface area contributed by atoms with E-state index < -0.39 is 0 Å². The second-order valence-corrected chi connectivity index (χ2v) is 4.18. The molecule has 2 rings (SSSR count). The molecule has 0 atom stereocenters. The van der Waals surface area contributed by atoms with Gasteiger partial charge in [0, 0.05) is 9.58 Å². The summed E-state index contributed by atoms with van der Waals surface area (Å²) >= 11 is 1.65. The molecule has 0 fully saturated rings. The van der Waals surface area contributed by atoms with Crippen LogP contribution < -0.4 is 0 Å². The zero-order valence-corrected chi connectivity index (χ0v) is 7.83. The largest absolute Gasteiger partial charge is 0.207 e. The first-order valence-corrected chi connectivity index (χ1v) is 4.65. The molecular formula is C10H9FS. The Labute approximate surface area is 74.6 Å². The average molecular weight is 180 g/mol. The molecule has 1 aromatic carbocycles. The highest BCUT2D eigenvalue weighted by Gasteiger charge is 2.04. The van der Waals surface area contributed by atoms with Gasteiger partial charge in [0.1, 0.15) is 5.82 Å². The van der Waals surface area contributed by atoms with Gasteiger partial charge in [0.25, 0.3) is 0 Å². The number of halogens is 1. The molecule has 62 valence electrons. The lowest BCUT2D eigenvalue weighted by atomic mass is 10.1. The summed E-state index contributed by atoms with van der Waals surface area (Å²) < 4.78 is 13.8. The van der Waals surface area contributed by atoms with E-state index in [4.69, 9.17) is 0 Å². The molecule has 12 heavy (non-hydrogen) atoms. The fourth-order valence-electron chi connectivity index (χ4n) is 1.32. The fraction of sp³-hybridized carbons (Fsp3) is 0.200. The highest BCUT2D eigenvalue weighted by atomic mass is 32.1. The van der Waals surface area contributed by atoms with Crippen LogP contribution in [0.4, 0.5) is 4.39 Å². The van der Waals surface area contributed by atoms with Gasteiger partial charge in [-0.1, -0.05) is 6.07 Å². The van der Waals surface area contributed by atoms with Crippen molar-refractivity contribution in [1.29, 1.82) is 0 Å². The predicted molar refractivity (Wildman–Crippen MR) is 51.3 cm³/mol. The Morgan fingerprint density at radius 2 is 2.00 bits per heavy atom. The maximum Gasteiger partial charge on any atom is 0.124 e. The molecule has 0 spiro atoms. The zero-order chi connectivity index (χ0) is 8.72. The van der Waals surface area contributed by atoms with Crippen molar-refractivity contribution in [3.63, 3.8) is 0 Å². The van der Waals surface area contributed by atoms with E-state index >= 15 is 0 Å². The highest BCUT2D eigenvalue weighted by Crippen LogP contribution is 2.30. The molecule has 0 saturated carbocycles. The van der Waals surface area contributed by atoms with E-state index in [1.165, 1.54) is 21.9 Å². The van der Waals surface area contributed by atoms with Crippen molar-refractivity contribution < 1.29 is 4.39 Å². The van der Waals surface area contributed by atoms with Crippen molar-refractivity contribution >= 4 is 21.4 Å². The van der Waals surface area contributed by atoms with Crippen molar-refractivity contribution in [3.8, 4) is 0 Å². The van der Waals surface area contributed by atoms with Crippen LogP contribution in [0.2, 0.25) is 0 Å². The maximum absolute atomic E-state index is 12.8. The van der Waals surface area contributed by atoms with E-state index in [0.717, 1.165) is 4.70 Å². The van der Waals surface area contributed by atoms with Crippen LogP contribution in [0.15, 0.2) is 18.2 Å². The molecule has 2 aromatic rings. The van der Waals surface area contributed by atoms with Crippen molar-refractivity contribution in [3.05, 3.63) is 34.5 Å². The predicted octanol–water partition coefficient (Wildman–Crippen LogP) is 3.66. The molecule has 0 nitrogen and oxygen atoms in total. The average Bonchev–Trinajstić information content (AvgIpc) is 2.28. The number of fused-ring (bicyclic) bond motifs is 1. The van der Waals surface area contributed by atoms with Gasteiger partial charge >= 0.3 is 0 Å². The van der Waals surface area contributed by atoms with Gasteiger partial charge in [-0.2, -0.15) is 0 Å². The molecule has 0 aliphatic rings. The van der Waals surface area contributed by atoms with E-state index in [2.05, 4.69) is 13.8 Å². The van der Waals surface area contributed by atoms with Crippen LogP contribution in [0, 0.1) is 19.7 Å². The van der Waals surface area contributed by atoms with Gasteiger partial charge in [-0.25, -0.2) is 4.39 Å². The minimum Gasteiger partial charge on any atom is -0.207 e. The van der Waals surface area contributed by atoms with Crippen LogP contribution in [0.25, 0.3) is 10.1 Å². The molecule has 0 unspecified atom stereocenters. The standard InChI is InChI=1S/C10H9FS/c1-6-7(2)12-10-5-8(11)3-4-9(6)10/h3-5H,1-2H3. The van der Waals surface area contributed by atoms with Crippen LogP contribution in [0.3, 0.4) is 0 Å². The summed E-state index contributed by atoms with van der Waals surface area (Å²) in [6, 6.07) is 4.96. The molecule has 0 amide bonds. The topological polar surface area (TPSA) is 0 Å². The van der Waals surface area contributed by atoms with Crippen LogP contribution in [0.1, 0.15) is 10.4 Å². The maximum atomic E-state index is 12.8. The SMILES string of the molecule is Cc1sc2cc(F)ccc2c1C. The lowest BCUT2D eigenvalue weighted by molar-refractivity contribution is 0.630. The van der Waals surface area contributed by atoms with Gasteiger partial charge in [-0.15, -0.1) is 11.3 Å². The number of aryl methyl sites for hydroxylation is 2. The minimum atomic E-state index is -0.149. The minimum absolute atomic E-state index is 0.149. The number of hydrogen-bond donors (Lipinski definition) is 0. The highest BCUT2D eigenvalue weighted by molar-refractivity contribution is 7.19. The molecule has 1 aromatic heterocycles. The van der Waals surface area contributed by atoms with Gasteiger partial charge in [-0.3, -0.25) is 0 Å². The Kier molecular flexibility index (Phi) is 1.65. The van der Waals surface area contributed by atoms with Crippen molar-refractivity contribution in [2.75, 3.05) is 0 Å². The third kappa shape index (κ3) is 1.03. The third-order valence-electron chi connectivity index (χ3n) is 2.14. The summed E-state index contributed by atoms with van der Waals surface area (Å²) in [6.45, 7) is 4.14. The molecule has 1 heterocycles. The Hall–Kier alpha value is -0.890. The number of hydrogen-bond acceptors (Lipinski definition) is 1. The van der Waals surface area contributed by atoms with Gasteiger partial charge in [0.05, 0.1) is 0 Å². The van der Waals surface area contributed by atoms with Crippen LogP contribution >= 0.6 is 11.3 Å². The number of rotatable bonds is 0. The molecule has 0 aliphatic carbocycles. The van der Waals surface area contributed by atoms with Crippen LogP contribution in [-0.2, 0) is 0 Å². The normalized spacial score (nSPS) is 10.9. The first kappa shape index (κ1) is 7.74. The summed E-state index contributed by atoms with van der Waals surface area (Å²) in [7, 11) is 0. The molecule has 0 bridgehead atoms. The summed E-state index contributed by atoms with van der Waals surface area (Å²) in [5.74, 6) is -0.149. The second-order valence-electron chi connectivity index (χ2n) is 2.92. The van der Waals surface area contributed by atoms with Crippen molar-refractivity contribution in [2.45, 2.75) is 13.8 Å². The Bertz CT molecular complexity index is 429. The molecule has 0 radical (unpaired) electrons. The van der Waals surface area contributed by atoms with E-state index in [1.807, 2.05) is 6.07 Å². The summed E-state index contributed by atoms with van der Waals surface area (Å²) in [6.07, 6.45) is 0.